The first-order chi connectivity index (χ1) is 9.72. The second-order valence-electron chi connectivity index (χ2n) is 4.25. The molecule has 0 N–H and O–H groups in total. The first-order valence-corrected chi connectivity index (χ1v) is 7.30. The summed E-state index contributed by atoms with van der Waals surface area (Å²) < 4.78 is 10.3. The minimum absolute atomic E-state index is 0.253. The predicted molar refractivity (Wildman–Crippen MR) is 81.2 cm³/mol. The molecule has 2 rings (SSSR count). The van der Waals surface area contributed by atoms with E-state index in [0.717, 1.165) is 22.2 Å². The Kier molecular flexibility index (Phi) is 5.18. The predicted octanol–water partition coefficient (Wildman–Crippen LogP) is 3.95. The molecule has 4 heteroatoms. The van der Waals surface area contributed by atoms with E-state index in [1.54, 1.807) is 19.2 Å². The van der Waals surface area contributed by atoms with Crippen molar-refractivity contribution in [1.82, 2.24) is 0 Å². The molecule has 0 aliphatic rings. The SMILES string of the molecule is COc1ccc(COC(=O)c2ccc(CBr)cc2)cc1. The highest BCUT2D eigenvalue weighted by Gasteiger charge is 2.07. The van der Waals surface area contributed by atoms with Gasteiger partial charge in [-0.15, -0.1) is 0 Å². The third kappa shape index (κ3) is 3.84. The fourth-order valence-electron chi connectivity index (χ4n) is 1.68. The summed E-state index contributed by atoms with van der Waals surface area (Å²) in [6.07, 6.45) is 0. The molecule has 20 heavy (non-hydrogen) atoms. The van der Waals surface area contributed by atoms with Crippen LogP contribution in [0, 0.1) is 0 Å². The number of alkyl halides is 1. The van der Waals surface area contributed by atoms with Crippen LogP contribution in [0.2, 0.25) is 0 Å². The molecule has 0 amide bonds. The van der Waals surface area contributed by atoms with Crippen LogP contribution in [0.5, 0.6) is 5.75 Å². The third-order valence-electron chi connectivity index (χ3n) is 2.87. The van der Waals surface area contributed by atoms with E-state index in [9.17, 15) is 4.79 Å². The highest BCUT2D eigenvalue weighted by atomic mass is 79.9. The molecule has 0 saturated carbocycles. The van der Waals surface area contributed by atoms with Crippen LogP contribution in [0.15, 0.2) is 48.5 Å². The molecule has 0 bridgehead atoms. The van der Waals surface area contributed by atoms with Gasteiger partial charge in [-0.2, -0.15) is 0 Å². The summed E-state index contributed by atoms with van der Waals surface area (Å²) in [5, 5.41) is 0.772. The van der Waals surface area contributed by atoms with Crippen molar-refractivity contribution in [3.05, 3.63) is 65.2 Å². The molecule has 104 valence electrons. The van der Waals surface area contributed by atoms with Gasteiger partial charge in [0.2, 0.25) is 0 Å². The topological polar surface area (TPSA) is 35.5 Å². The number of esters is 1. The summed E-state index contributed by atoms with van der Waals surface area (Å²) in [5.74, 6) is 0.465. The van der Waals surface area contributed by atoms with Gasteiger partial charge in [-0.1, -0.05) is 40.2 Å². The van der Waals surface area contributed by atoms with E-state index < -0.39 is 0 Å². The normalized spacial score (nSPS) is 10.1. The lowest BCUT2D eigenvalue weighted by atomic mass is 10.1. The molecule has 0 aromatic heterocycles. The minimum Gasteiger partial charge on any atom is -0.497 e. The van der Waals surface area contributed by atoms with Crippen molar-refractivity contribution in [2.24, 2.45) is 0 Å². The molecule has 0 saturated heterocycles. The van der Waals surface area contributed by atoms with Crippen LogP contribution in [0.25, 0.3) is 0 Å². The maximum Gasteiger partial charge on any atom is 0.338 e. The largest absolute Gasteiger partial charge is 0.497 e. The van der Waals surface area contributed by atoms with E-state index >= 15 is 0 Å². The molecule has 2 aromatic carbocycles. The Morgan fingerprint density at radius 3 is 2.15 bits per heavy atom. The van der Waals surface area contributed by atoms with Crippen LogP contribution in [0.4, 0.5) is 0 Å². The summed E-state index contributed by atoms with van der Waals surface area (Å²) in [5.41, 5.74) is 2.61. The van der Waals surface area contributed by atoms with Crippen LogP contribution in [0.1, 0.15) is 21.5 Å². The van der Waals surface area contributed by atoms with Crippen LogP contribution in [-0.4, -0.2) is 13.1 Å². The number of rotatable bonds is 5. The number of hydrogen-bond donors (Lipinski definition) is 0. The second kappa shape index (κ2) is 7.10. The van der Waals surface area contributed by atoms with E-state index in [1.807, 2.05) is 36.4 Å². The van der Waals surface area contributed by atoms with Gasteiger partial charge in [-0.3, -0.25) is 0 Å². The van der Waals surface area contributed by atoms with Gasteiger partial charge in [-0.25, -0.2) is 4.79 Å². The summed E-state index contributed by atoms with van der Waals surface area (Å²) in [7, 11) is 1.62. The molecule has 0 atom stereocenters. The Morgan fingerprint density at radius 1 is 1.00 bits per heavy atom. The van der Waals surface area contributed by atoms with Gasteiger partial charge < -0.3 is 9.47 Å². The molecule has 0 unspecified atom stereocenters. The second-order valence-corrected chi connectivity index (χ2v) is 4.82. The molecular weight excluding hydrogens is 320 g/mol. The average molecular weight is 335 g/mol. The van der Waals surface area contributed by atoms with E-state index in [2.05, 4.69) is 15.9 Å². The zero-order valence-corrected chi connectivity index (χ0v) is 12.7. The van der Waals surface area contributed by atoms with Gasteiger partial charge in [0.25, 0.3) is 0 Å². The molecule has 0 aliphatic heterocycles. The van der Waals surface area contributed by atoms with E-state index in [0.29, 0.717) is 5.56 Å². The Morgan fingerprint density at radius 2 is 1.60 bits per heavy atom. The zero-order chi connectivity index (χ0) is 14.4. The molecule has 2 aromatic rings. The van der Waals surface area contributed by atoms with E-state index in [4.69, 9.17) is 9.47 Å². The lowest BCUT2D eigenvalue weighted by Gasteiger charge is -2.06. The van der Waals surface area contributed by atoms with Gasteiger partial charge in [-0.05, 0) is 35.4 Å². The number of halogens is 1. The zero-order valence-electron chi connectivity index (χ0n) is 11.1. The van der Waals surface area contributed by atoms with Crippen molar-refractivity contribution in [1.29, 1.82) is 0 Å². The van der Waals surface area contributed by atoms with Crippen molar-refractivity contribution in [2.45, 2.75) is 11.9 Å². The fourth-order valence-corrected chi connectivity index (χ4v) is 2.06. The average Bonchev–Trinajstić information content (AvgIpc) is 2.53. The van der Waals surface area contributed by atoms with E-state index in [-0.39, 0.29) is 12.6 Å². The first kappa shape index (κ1) is 14.6. The Balaban J connectivity index is 1.93. The van der Waals surface area contributed by atoms with Gasteiger partial charge >= 0.3 is 5.97 Å². The van der Waals surface area contributed by atoms with Gasteiger partial charge in [0.05, 0.1) is 12.7 Å². The number of benzene rings is 2. The molecule has 0 spiro atoms. The maximum atomic E-state index is 11.9. The summed E-state index contributed by atoms with van der Waals surface area (Å²) >= 11 is 3.37. The minimum atomic E-state index is -0.318. The third-order valence-corrected chi connectivity index (χ3v) is 3.52. The van der Waals surface area contributed by atoms with Crippen LogP contribution < -0.4 is 4.74 Å². The molecule has 0 aliphatic carbocycles. The number of ether oxygens (including phenoxy) is 2. The molecular formula is C16H15BrO3. The van der Waals surface area contributed by atoms with Crippen molar-refractivity contribution < 1.29 is 14.3 Å². The molecule has 0 heterocycles. The van der Waals surface area contributed by atoms with Crippen molar-refractivity contribution in [2.75, 3.05) is 7.11 Å². The number of methoxy groups -OCH3 is 1. The Hall–Kier alpha value is -1.81. The first-order valence-electron chi connectivity index (χ1n) is 6.18. The standard InChI is InChI=1S/C16H15BrO3/c1-19-15-8-4-13(5-9-15)11-20-16(18)14-6-2-12(10-17)3-7-14/h2-9H,10-11H2,1H3. The Labute approximate surface area is 126 Å². The summed E-state index contributed by atoms with van der Waals surface area (Å²) in [6.45, 7) is 0.253. The molecule has 0 fully saturated rings. The summed E-state index contributed by atoms with van der Waals surface area (Å²) in [4.78, 5) is 11.9. The fraction of sp³-hybridized carbons (Fsp3) is 0.188. The van der Waals surface area contributed by atoms with Crippen LogP contribution >= 0.6 is 15.9 Å². The van der Waals surface area contributed by atoms with Gasteiger partial charge in [0, 0.05) is 5.33 Å². The lowest BCUT2D eigenvalue weighted by Crippen LogP contribution is -2.05. The lowest BCUT2D eigenvalue weighted by molar-refractivity contribution is 0.0472. The van der Waals surface area contributed by atoms with Crippen molar-refractivity contribution in [3.63, 3.8) is 0 Å². The smallest absolute Gasteiger partial charge is 0.338 e. The van der Waals surface area contributed by atoms with Crippen molar-refractivity contribution >= 4 is 21.9 Å². The molecule has 0 radical (unpaired) electrons. The number of hydrogen-bond acceptors (Lipinski definition) is 3. The van der Waals surface area contributed by atoms with Gasteiger partial charge in [0.1, 0.15) is 12.4 Å². The van der Waals surface area contributed by atoms with Crippen molar-refractivity contribution in [3.8, 4) is 5.75 Å². The quantitative estimate of drug-likeness (QED) is 0.613. The van der Waals surface area contributed by atoms with E-state index in [1.165, 1.54) is 0 Å². The van der Waals surface area contributed by atoms with Crippen LogP contribution in [-0.2, 0) is 16.7 Å². The number of carbonyl (C=O) groups excluding carboxylic acids is 1. The number of carbonyl (C=O) groups is 1. The highest BCUT2D eigenvalue weighted by Crippen LogP contribution is 2.13. The van der Waals surface area contributed by atoms with Gasteiger partial charge in [0.15, 0.2) is 0 Å². The molecule has 3 nitrogen and oxygen atoms in total. The maximum absolute atomic E-state index is 11.9. The van der Waals surface area contributed by atoms with Crippen LogP contribution in [0.3, 0.4) is 0 Å². The Bertz CT molecular complexity index is 561. The monoisotopic (exact) mass is 334 g/mol. The highest BCUT2D eigenvalue weighted by molar-refractivity contribution is 9.08. The summed E-state index contributed by atoms with van der Waals surface area (Å²) in [6, 6.07) is 14.8.